The van der Waals surface area contributed by atoms with Gasteiger partial charge >= 0.3 is 12.4 Å². The number of methoxy groups -OCH3 is 1. The number of halogens is 6. The molecular formula is C29H34F6NO. The van der Waals surface area contributed by atoms with Gasteiger partial charge in [-0.15, -0.1) is 0 Å². The number of alkyl halides is 6. The van der Waals surface area contributed by atoms with Crippen LogP contribution in [0.5, 0.6) is 5.75 Å². The van der Waals surface area contributed by atoms with Crippen LogP contribution in [-0.4, -0.2) is 25.1 Å². The van der Waals surface area contributed by atoms with E-state index in [-0.39, 0.29) is 18.1 Å². The summed E-state index contributed by atoms with van der Waals surface area (Å²) in [5.41, 5.74) is -3.12. The first-order valence-corrected chi connectivity index (χ1v) is 12.9. The molecule has 0 N–H and O–H groups in total. The predicted molar refractivity (Wildman–Crippen MR) is 131 cm³/mol. The number of likely N-dealkylation sites (tertiary alicyclic amines) is 1. The molecular weight excluding hydrogens is 492 g/mol. The summed E-state index contributed by atoms with van der Waals surface area (Å²) in [4.78, 5) is 2.12. The molecule has 4 rings (SSSR count). The van der Waals surface area contributed by atoms with E-state index in [1.165, 1.54) is 39.2 Å². The Morgan fingerprint density at radius 2 is 1.35 bits per heavy atom. The maximum absolute atomic E-state index is 13.6. The quantitative estimate of drug-likeness (QED) is 0.351. The van der Waals surface area contributed by atoms with Gasteiger partial charge in [0.1, 0.15) is 5.75 Å². The number of hydrogen-bond donors (Lipinski definition) is 0. The van der Waals surface area contributed by atoms with E-state index in [1.807, 2.05) is 0 Å². The Balaban J connectivity index is 1.70. The van der Waals surface area contributed by atoms with Gasteiger partial charge in [-0.3, -0.25) is 4.90 Å². The third-order valence-corrected chi connectivity index (χ3v) is 8.21. The minimum absolute atomic E-state index is 0.0579. The molecule has 2 nitrogen and oxygen atoms in total. The fourth-order valence-corrected chi connectivity index (χ4v) is 6.27. The van der Waals surface area contributed by atoms with E-state index in [4.69, 9.17) is 4.74 Å². The van der Waals surface area contributed by atoms with Crippen molar-refractivity contribution in [3.63, 3.8) is 0 Å². The number of rotatable bonds is 6. The minimum Gasteiger partial charge on any atom is -0.496 e. The van der Waals surface area contributed by atoms with Crippen LogP contribution in [0.25, 0.3) is 0 Å². The zero-order valence-electron chi connectivity index (χ0n) is 21.1. The summed E-state index contributed by atoms with van der Waals surface area (Å²) in [7, 11) is 1.50. The van der Waals surface area contributed by atoms with E-state index < -0.39 is 29.0 Å². The Hall–Kier alpha value is -2.22. The average Bonchev–Trinajstić information content (AvgIpc) is 2.88. The summed E-state index contributed by atoms with van der Waals surface area (Å²) in [6.07, 6.45) is -1.79. The maximum Gasteiger partial charge on any atom is 0.416 e. The highest BCUT2D eigenvalue weighted by Gasteiger charge is 2.42. The molecule has 1 saturated heterocycles. The van der Waals surface area contributed by atoms with Gasteiger partial charge in [-0.25, -0.2) is 0 Å². The Morgan fingerprint density at radius 3 is 1.89 bits per heavy atom. The number of nitrogens with zero attached hydrogens (tertiary/aromatic N) is 1. The average molecular weight is 527 g/mol. The molecule has 1 saturated carbocycles. The monoisotopic (exact) mass is 526 g/mol. The number of ether oxygens (including phenoxy) is 1. The first-order chi connectivity index (χ1) is 17.4. The van der Waals surface area contributed by atoms with E-state index in [1.54, 1.807) is 24.3 Å². The van der Waals surface area contributed by atoms with Gasteiger partial charge in [-0.05, 0) is 80.9 Å². The Bertz CT molecular complexity index is 1020. The number of piperidine rings is 1. The molecule has 1 unspecified atom stereocenters. The normalized spacial score (nSPS) is 20.5. The van der Waals surface area contributed by atoms with Gasteiger partial charge in [0.25, 0.3) is 0 Å². The highest BCUT2D eigenvalue weighted by molar-refractivity contribution is 5.43. The molecule has 2 aliphatic rings. The standard InChI is InChI=1S/C29H34F6NO/c1-27(25-10-6-7-11-26(25)37-2,36-14-12-22(13-15-36)21-8-4-3-5-9-21)19-20-16-23(28(30,31)32)18-24(17-20)29(33,34)35/h6-7,10-11,16-18,21-22H,1,3-5,8-9,12-15,19H2,2H3. The van der Waals surface area contributed by atoms with Crippen molar-refractivity contribution in [1.82, 2.24) is 4.90 Å². The van der Waals surface area contributed by atoms with E-state index in [0.29, 0.717) is 36.2 Å². The molecule has 1 aliphatic carbocycles. The third kappa shape index (κ3) is 6.27. The van der Waals surface area contributed by atoms with Crippen LogP contribution in [0.3, 0.4) is 0 Å². The van der Waals surface area contributed by atoms with Crippen LogP contribution in [-0.2, 0) is 24.3 Å². The second-order valence-electron chi connectivity index (χ2n) is 10.5. The zero-order valence-corrected chi connectivity index (χ0v) is 21.1. The Labute approximate surface area is 215 Å². The van der Waals surface area contributed by atoms with E-state index in [0.717, 1.165) is 25.0 Å². The van der Waals surface area contributed by atoms with Crippen molar-refractivity contribution in [1.29, 1.82) is 0 Å². The van der Waals surface area contributed by atoms with Crippen molar-refractivity contribution in [2.75, 3.05) is 20.2 Å². The SMILES string of the molecule is [CH2]C(Cc1cc(C(F)(F)F)cc(C(F)(F)F)c1)(c1ccccc1OC)N1CCC(C2CCCCC2)CC1. The summed E-state index contributed by atoms with van der Waals surface area (Å²) >= 11 is 0. The molecule has 2 fully saturated rings. The first-order valence-electron chi connectivity index (χ1n) is 12.9. The number of hydrogen-bond acceptors (Lipinski definition) is 2. The number of para-hydroxylation sites is 1. The highest BCUT2D eigenvalue weighted by Crippen LogP contribution is 2.44. The smallest absolute Gasteiger partial charge is 0.416 e. The lowest BCUT2D eigenvalue weighted by atomic mass is 9.74. The second kappa shape index (κ2) is 10.9. The van der Waals surface area contributed by atoms with E-state index in [2.05, 4.69) is 11.8 Å². The molecule has 8 heteroatoms. The molecule has 1 heterocycles. The van der Waals surface area contributed by atoms with Gasteiger partial charge < -0.3 is 4.74 Å². The molecule has 2 aromatic carbocycles. The van der Waals surface area contributed by atoms with Crippen LogP contribution in [0.15, 0.2) is 42.5 Å². The Kier molecular flexibility index (Phi) is 8.17. The largest absolute Gasteiger partial charge is 0.496 e. The molecule has 2 aromatic rings. The highest BCUT2D eigenvalue weighted by atomic mass is 19.4. The van der Waals surface area contributed by atoms with Crippen molar-refractivity contribution < 1.29 is 31.1 Å². The van der Waals surface area contributed by atoms with Gasteiger partial charge in [0.15, 0.2) is 0 Å². The van der Waals surface area contributed by atoms with Gasteiger partial charge in [-0.1, -0.05) is 50.3 Å². The third-order valence-electron chi connectivity index (χ3n) is 8.21. The summed E-state index contributed by atoms with van der Waals surface area (Å²) in [6, 6.07) is 8.93. The maximum atomic E-state index is 13.6. The molecule has 1 atom stereocenters. The minimum atomic E-state index is -4.90. The van der Waals surface area contributed by atoms with Crippen molar-refractivity contribution in [2.24, 2.45) is 11.8 Å². The van der Waals surface area contributed by atoms with Crippen molar-refractivity contribution in [3.8, 4) is 5.75 Å². The van der Waals surface area contributed by atoms with Gasteiger partial charge in [0.2, 0.25) is 0 Å². The molecule has 37 heavy (non-hydrogen) atoms. The van der Waals surface area contributed by atoms with Gasteiger partial charge in [-0.2, -0.15) is 26.3 Å². The van der Waals surface area contributed by atoms with Gasteiger partial charge in [0.05, 0.1) is 23.8 Å². The van der Waals surface area contributed by atoms with E-state index in [9.17, 15) is 26.3 Å². The fourth-order valence-electron chi connectivity index (χ4n) is 6.27. The molecule has 1 radical (unpaired) electrons. The van der Waals surface area contributed by atoms with Gasteiger partial charge in [0, 0.05) is 5.56 Å². The van der Waals surface area contributed by atoms with Crippen molar-refractivity contribution in [3.05, 3.63) is 71.6 Å². The molecule has 203 valence electrons. The molecule has 0 bridgehead atoms. The summed E-state index contributed by atoms with van der Waals surface area (Å²) in [5, 5.41) is 0. The topological polar surface area (TPSA) is 12.5 Å². The summed E-state index contributed by atoms with van der Waals surface area (Å²) in [5.74, 6) is 1.79. The first kappa shape index (κ1) is 27.8. The van der Waals surface area contributed by atoms with Crippen LogP contribution >= 0.6 is 0 Å². The second-order valence-corrected chi connectivity index (χ2v) is 10.5. The van der Waals surface area contributed by atoms with Crippen LogP contribution in [0.1, 0.15) is 67.2 Å². The molecule has 0 amide bonds. The van der Waals surface area contributed by atoms with Crippen LogP contribution in [0, 0.1) is 18.8 Å². The summed E-state index contributed by atoms with van der Waals surface area (Å²) < 4.78 is 87.0. The van der Waals surface area contributed by atoms with Crippen LogP contribution < -0.4 is 4.74 Å². The Morgan fingerprint density at radius 1 is 0.811 bits per heavy atom. The molecule has 0 spiro atoms. The zero-order chi connectivity index (χ0) is 26.8. The molecule has 0 aromatic heterocycles. The molecule has 1 aliphatic heterocycles. The predicted octanol–water partition coefficient (Wildman–Crippen LogP) is 8.30. The lowest BCUT2D eigenvalue weighted by Gasteiger charge is -2.47. The van der Waals surface area contributed by atoms with Crippen molar-refractivity contribution in [2.45, 2.75) is 69.3 Å². The summed E-state index contributed by atoms with van der Waals surface area (Å²) in [6.45, 7) is 5.82. The van der Waals surface area contributed by atoms with Crippen molar-refractivity contribution >= 4 is 0 Å². The van der Waals surface area contributed by atoms with Crippen LogP contribution in [0.2, 0.25) is 0 Å². The van der Waals surface area contributed by atoms with E-state index >= 15 is 0 Å². The number of benzene rings is 2. The lowest BCUT2D eigenvalue weighted by Crippen LogP contribution is -2.50. The fraction of sp³-hybridized carbons (Fsp3) is 0.552. The van der Waals surface area contributed by atoms with Crippen LogP contribution in [0.4, 0.5) is 26.3 Å². The lowest BCUT2D eigenvalue weighted by molar-refractivity contribution is -0.143.